The third-order valence-corrected chi connectivity index (χ3v) is 7.06. The molecule has 136 valence electrons. The first-order chi connectivity index (χ1) is 12.0. The minimum Gasteiger partial charge on any atom is -0.379 e. The molecule has 1 aliphatic rings. The normalized spacial score (nSPS) is 17.8. The molecule has 1 aromatic carbocycles. The van der Waals surface area contributed by atoms with Gasteiger partial charge in [-0.3, -0.25) is 8.75 Å². The zero-order chi connectivity index (χ0) is 17.9. The Labute approximate surface area is 158 Å². The largest absolute Gasteiger partial charge is 0.379 e. The van der Waals surface area contributed by atoms with Crippen LogP contribution in [0.1, 0.15) is 27.2 Å². The molecule has 2 heterocycles. The highest BCUT2D eigenvalue weighted by Gasteiger charge is 2.23. The fourth-order valence-corrected chi connectivity index (χ4v) is 5.13. The van der Waals surface area contributed by atoms with E-state index in [0.717, 1.165) is 41.5 Å². The summed E-state index contributed by atoms with van der Waals surface area (Å²) >= 11 is 3.55. The first kappa shape index (κ1) is 18.5. The Morgan fingerprint density at radius 1 is 1.32 bits per heavy atom. The first-order valence-electron chi connectivity index (χ1n) is 8.85. The van der Waals surface area contributed by atoms with E-state index in [1.165, 1.54) is 6.42 Å². The van der Waals surface area contributed by atoms with Crippen molar-refractivity contribution >= 4 is 29.0 Å². The van der Waals surface area contributed by atoms with Gasteiger partial charge < -0.3 is 10.6 Å². The predicted molar refractivity (Wildman–Crippen MR) is 111 cm³/mol. The number of benzene rings is 1. The predicted octanol–water partition coefficient (Wildman–Crippen LogP) is 3.84. The number of nitrogens with zero attached hydrogens (tertiary/aromatic N) is 1. The molecule has 1 aliphatic heterocycles. The Kier molecular flexibility index (Phi) is 5.92. The van der Waals surface area contributed by atoms with Crippen LogP contribution in [0.4, 0.5) is 5.69 Å². The maximum Gasteiger partial charge on any atom is 0.285 e. The molecule has 1 aromatic heterocycles. The molecule has 0 amide bonds. The summed E-state index contributed by atoms with van der Waals surface area (Å²) in [5.41, 5.74) is 1.72. The summed E-state index contributed by atoms with van der Waals surface area (Å²) in [7, 11) is 0. The molecule has 2 N–H and O–H groups in total. The fraction of sp³-hybridized carbons (Fsp3) is 0.526. The lowest BCUT2D eigenvalue weighted by Crippen LogP contribution is -2.30. The molecule has 0 aliphatic carbocycles. The van der Waals surface area contributed by atoms with Crippen molar-refractivity contribution in [1.82, 2.24) is 9.27 Å². The molecule has 0 saturated carbocycles. The highest BCUT2D eigenvalue weighted by Crippen LogP contribution is 2.33. The molecular formula is C19H27N3OS2. The number of hydrogen-bond donors (Lipinski definition) is 2. The number of anilines is 1. The van der Waals surface area contributed by atoms with Gasteiger partial charge >= 0.3 is 0 Å². The SMILES string of the molecule is CC(C)(C)n1sc(-c2ccccc2)c(NCCSC2CCNC2)c1=O. The van der Waals surface area contributed by atoms with Gasteiger partial charge in [0.25, 0.3) is 5.56 Å². The van der Waals surface area contributed by atoms with Crippen molar-refractivity contribution in [1.29, 1.82) is 0 Å². The maximum absolute atomic E-state index is 13.0. The van der Waals surface area contributed by atoms with Crippen LogP contribution in [0.25, 0.3) is 10.4 Å². The van der Waals surface area contributed by atoms with Gasteiger partial charge in [-0.2, -0.15) is 11.8 Å². The van der Waals surface area contributed by atoms with E-state index < -0.39 is 0 Å². The van der Waals surface area contributed by atoms with Crippen LogP contribution in [0.5, 0.6) is 0 Å². The molecule has 4 nitrogen and oxygen atoms in total. The number of rotatable bonds is 6. The van der Waals surface area contributed by atoms with Crippen molar-refractivity contribution < 1.29 is 0 Å². The molecule has 3 rings (SSSR count). The number of thioether (sulfide) groups is 1. The second kappa shape index (κ2) is 7.98. The fourth-order valence-electron chi connectivity index (χ4n) is 2.93. The summed E-state index contributed by atoms with van der Waals surface area (Å²) in [6.45, 7) is 9.28. The molecule has 1 unspecified atom stereocenters. The third kappa shape index (κ3) is 4.49. The van der Waals surface area contributed by atoms with E-state index in [2.05, 4.69) is 43.5 Å². The topological polar surface area (TPSA) is 46.1 Å². The van der Waals surface area contributed by atoms with Crippen molar-refractivity contribution in [3.05, 3.63) is 40.7 Å². The van der Waals surface area contributed by atoms with E-state index in [9.17, 15) is 4.79 Å². The zero-order valence-electron chi connectivity index (χ0n) is 15.2. The van der Waals surface area contributed by atoms with Gasteiger partial charge in [-0.05, 0) is 39.3 Å². The van der Waals surface area contributed by atoms with E-state index in [0.29, 0.717) is 5.25 Å². The van der Waals surface area contributed by atoms with E-state index in [1.807, 2.05) is 33.9 Å². The third-order valence-electron chi connectivity index (χ3n) is 4.23. The second-order valence-electron chi connectivity index (χ2n) is 7.34. The maximum atomic E-state index is 13.0. The average Bonchev–Trinajstić information content (AvgIpc) is 3.20. The lowest BCUT2D eigenvalue weighted by molar-refractivity contribution is 0.419. The number of aromatic nitrogens is 1. The van der Waals surface area contributed by atoms with Gasteiger partial charge in [0.1, 0.15) is 5.69 Å². The Morgan fingerprint density at radius 3 is 2.72 bits per heavy atom. The molecule has 1 fully saturated rings. The number of nitrogens with one attached hydrogen (secondary N) is 2. The highest BCUT2D eigenvalue weighted by atomic mass is 32.2. The van der Waals surface area contributed by atoms with Crippen LogP contribution in [-0.2, 0) is 5.54 Å². The van der Waals surface area contributed by atoms with Crippen molar-refractivity contribution in [2.75, 3.05) is 30.7 Å². The minimum absolute atomic E-state index is 0.0869. The quantitative estimate of drug-likeness (QED) is 0.751. The summed E-state index contributed by atoms with van der Waals surface area (Å²) in [6.07, 6.45) is 1.25. The van der Waals surface area contributed by atoms with Gasteiger partial charge in [0.15, 0.2) is 0 Å². The van der Waals surface area contributed by atoms with Crippen molar-refractivity contribution in [2.24, 2.45) is 0 Å². The Morgan fingerprint density at radius 2 is 2.08 bits per heavy atom. The molecule has 6 heteroatoms. The van der Waals surface area contributed by atoms with Gasteiger partial charge in [0.05, 0.1) is 10.4 Å². The summed E-state index contributed by atoms with van der Waals surface area (Å²) in [4.78, 5) is 14.0. The lowest BCUT2D eigenvalue weighted by Gasteiger charge is -2.18. The molecule has 1 atom stereocenters. The van der Waals surface area contributed by atoms with Crippen molar-refractivity contribution in [3.63, 3.8) is 0 Å². The van der Waals surface area contributed by atoms with Crippen LogP contribution < -0.4 is 16.2 Å². The highest BCUT2D eigenvalue weighted by molar-refractivity contribution is 7.99. The monoisotopic (exact) mass is 377 g/mol. The van der Waals surface area contributed by atoms with E-state index in [-0.39, 0.29) is 11.1 Å². The molecule has 0 spiro atoms. The van der Waals surface area contributed by atoms with E-state index >= 15 is 0 Å². The molecular weight excluding hydrogens is 350 g/mol. The second-order valence-corrected chi connectivity index (χ2v) is 9.71. The van der Waals surface area contributed by atoms with Gasteiger partial charge in [-0.1, -0.05) is 41.9 Å². The first-order valence-corrected chi connectivity index (χ1v) is 10.7. The summed E-state index contributed by atoms with van der Waals surface area (Å²) < 4.78 is 1.88. The summed E-state index contributed by atoms with van der Waals surface area (Å²) in [5.74, 6) is 1.02. The van der Waals surface area contributed by atoms with Crippen molar-refractivity contribution in [3.8, 4) is 10.4 Å². The molecule has 0 bridgehead atoms. The smallest absolute Gasteiger partial charge is 0.285 e. The Hall–Kier alpha value is -1.24. The van der Waals surface area contributed by atoms with Crippen LogP contribution in [-0.4, -0.2) is 34.6 Å². The number of hydrogen-bond acceptors (Lipinski definition) is 5. The summed E-state index contributed by atoms with van der Waals surface area (Å²) in [5, 5.41) is 7.54. The van der Waals surface area contributed by atoms with E-state index in [1.54, 1.807) is 11.5 Å². The van der Waals surface area contributed by atoms with Crippen LogP contribution in [0.2, 0.25) is 0 Å². The average molecular weight is 378 g/mol. The Balaban J connectivity index is 1.78. The molecule has 2 aromatic rings. The van der Waals surface area contributed by atoms with Crippen LogP contribution in [0.3, 0.4) is 0 Å². The Bertz CT molecular complexity index is 740. The molecule has 0 radical (unpaired) electrons. The van der Waals surface area contributed by atoms with Crippen LogP contribution in [0, 0.1) is 0 Å². The van der Waals surface area contributed by atoms with Gasteiger partial charge in [-0.25, -0.2) is 0 Å². The van der Waals surface area contributed by atoms with Crippen molar-refractivity contribution in [2.45, 2.75) is 38.0 Å². The molecule has 1 saturated heterocycles. The van der Waals surface area contributed by atoms with Crippen LogP contribution >= 0.6 is 23.3 Å². The zero-order valence-corrected chi connectivity index (χ0v) is 16.8. The molecule has 25 heavy (non-hydrogen) atoms. The van der Waals surface area contributed by atoms with E-state index in [4.69, 9.17) is 0 Å². The van der Waals surface area contributed by atoms with Gasteiger partial charge in [0.2, 0.25) is 0 Å². The van der Waals surface area contributed by atoms with Gasteiger partial charge in [-0.15, -0.1) is 0 Å². The van der Waals surface area contributed by atoms with Crippen LogP contribution in [0.15, 0.2) is 35.1 Å². The minimum atomic E-state index is -0.213. The van der Waals surface area contributed by atoms with Gasteiger partial charge in [0, 0.05) is 24.1 Å². The summed E-state index contributed by atoms with van der Waals surface area (Å²) in [6, 6.07) is 10.2. The standard InChI is InChI=1S/C19H27N3OS2/c1-19(2,3)22-18(23)16(17(25-22)14-7-5-4-6-8-14)21-11-12-24-15-9-10-20-13-15/h4-8,15,20-21H,9-13H2,1-3H3. The lowest BCUT2D eigenvalue weighted by atomic mass is 10.1.